The number of nitrogen functional groups attached to an aromatic ring is 1. The van der Waals surface area contributed by atoms with Crippen molar-refractivity contribution in [3.63, 3.8) is 0 Å². The van der Waals surface area contributed by atoms with Gasteiger partial charge in [0.15, 0.2) is 5.82 Å². The molecule has 4 heteroatoms. The minimum absolute atomic E-state index is 0.407. The Kier molecular flexibility index (Phi) is 2.44. The molecule has 2 N–H and O–H groups in total. The van der Waals surface area contributed by atoms with Crippen LogP contribution in [0.5, 0.6) is 0 Å². The Morgan fingerprint density at radius 1 is 1.50 bits per heavy atom. The largest absolute Gasteiger partial charge is 0.381 e. The number of nitrogens with zero attached hydrogens (tertiary/aromatic N) is 3. The van der Waals surface area contributed by atoms with Crippen LogP contribution in [-0.2, 0) is 6.54 Å². The van der Waals surface area contributed by atoms with Gasteiger partial charge in [0, 0.05) is 6.54 Å². The molecule has 0 radical (unpaired) electrons. The number of aromatic nitrogens is 3. The van der Waals surface area contributed by atoms with Gasteiger partial charge in [0.2, 0.25) is 0 Å². The highest BCUT2D eigenvalue weighted by Gasteiger charge is 2.22. The standard InChI is InChI=1S/C10H18N4/c1-7(2)9-10(11)12-13-14(9)6-5-8-3-4-8/h7-8H,3-6,11H2,1-2H3. The summed E-state index contributed by atoms with van der Waals surface area (Å²) in [6.07, 6.45) is 4.00. The van der Waals surface area contributed by atoms with Gasteiger partial charge in [-0.25, -0.2) is 4.68 Å². The second kappa shape index (κ2) is 3.59. The van der Waals surface area contributed by atoms with Gasteiger partial charge >= 0.3 is 0 Å². The van der Waals surface area contributed by atoms with Crippen LogP contribution in [0, 0.1) is 5.92 Å². The molecular formula is C10H18N4. The van der Waals surface area contributed by atoms with Crippen molar-refractivity contribution in [2.45, 2.75) is 45.6 Å². The first-order valence-electron chi connectivity index (χ1n) is 5.37. The summed E-state index contributed by atoms with van der Waals surface area (Å²) in [6, 6.07) is 0. The molecule has 1 heterocycles. The average molecular weight is 194 g/mol. The minimum atomic E-state index is 0.407. The van der Waals surface area contributed by atoms with E-state index in [-0.39, 0.29) is 0 Å². The van der Waals surface area contributed by atoms with Gasteiger partial charge in [0.05, 0.1) is 5.69 Å². The zero-order valence-electron chi connectivity index (χ0n) is 8.90. The summed E-state index contributed by atoms with van der Waals surface area (Å²) >= 11 is 0. The third-order valence-electron chi connectivity index (χ3n) is 2.79. The van der Waals surface area contributed by atoms with Crippen LogP contribution in [0.15, 0.2) is 0 Å². The second-order valence-electron chi connectivity index (χ2n) is 4.47. The van der Waals surface area contributed by atoms with E-state index in [1.54, 1.807) is 0 Å². The van der Waals surface area contributed by atoms with Crippen molar-refractivity contribution in [1.29, 1.82) is 0 Å². The lowest BCUT2D eigenvalue weighted by atomic mass is 10.1. The summed E-state index contributed by atoms with van der Waals surface area (Å²) in [5.74, 6) is 1.93. The molecule has 14 heavy (non-hydrogen) atoms. The smallest absolute Gasteiger partial charge is 0.169 e. The summed E-state index contributed by atoms with van der Waals surface area (Å²) in [7, 11) is 0. The van der Waals surface area contributed by atoms with E-state index in [0.29, 0.717) is 11.7 Å². The fraction of sp³-hybridized carbons (Fsp3) is 0.800. The van der Waals surface area contributed by atoms with Crippen LogP contribution < -0.4 is 5.73 Å². The third kappa shape index (κ3) is 1.89. The molecule has 4 nitrogen and oxygen atoms in total. The van der Waals surface area contributed by atoms with E-state index < -0.39 is 0 Å². The van der Waals surface area contributed by atoms with Crippen molar-refractivity contribution >= 4 is 5.82 Å². The van der Waals surface area contributed by atoms with Crippen molar-refractivity contribution in [1.82, 2.24) is 15.0 Å². The molecule has 1 aliphatic carbocycles. The normalized spacial score (nSPS) is 16.5. The maximum absolute atomic E-state index is 5.77. The first-order valence-corrected chi connectivity index (χ1v) is 5.37. The van der Waals surface area contributed by atoms with Gasteiger partial charge in [-0.2, -0.15) is 0 Å². The fourth-order valence-corrected chi connectivity index (χ4v) is 1.80. The molecule has 0 saturated heterocycles. The Morgan fingerprint density at radius 3 is 2.79 bits per heavy atom. The number of nitrogens with two attached hydrogens (primary N) is 1. The number of hydrogen-bond acceptors (Lipinski definition) is 3. The van der Waals surface area contributed by atoms with Gasteiger partial charge in [0.25, 0.3) is 0 Å². The summed E-state index contributed by atoms with van der Waals surface area (Å²) in [5, 5.41) is 8.01. The van der Waals surface area contributed by atoms with Crippen LogP contribution in [0.2, 0.25) is 0 Å². The lowest BCUT2D eigenvalue weighted by Crippen LogP contribution is -2.08. The Labute approximate surface area is 84.5 Å². The molecule has 0 atom stereocenters. The van der Waals surface area contributed by atoms with Crippen molar-refractivity contribution in [3.8, 4) is 0 Å². The van der Waals surface area contributed by atoms with Gasteiger partial charge < -0.3 is 5.73 Å². The van der Waals surface area contributed by atoms with Crippen molar-refractivity contribution in [3.05, 3.63) is 5.69 Å². The van der Waals surface area contributed by atoms with Gasteiger partial charge in [-0.15, -0.1) is 5.10 Å². The van der Waals surface area contributed by atoms with E-state index in [4.69, 9.17) is 5.73 Å². The maximum atomic E-state index is 5.77. The van der Waals surface area contributed by atoms with E-state index >= 15 is 0 Å². The number of hydrogen-bond donors (Lipinski definition) is 1. The molecule has 1 fully saturated rings. The van der Waals surface area contributed by atoms with Crippen LogP contribution in [-0.4, -0.2) is 15.0 Å². The van der Waals surface area contributed by atoms with Crippen LogP contribution in [0.4, 0.5) is 5.82 Å². The highest BCUT2D eigenvalue weighted by molar-refractivity contribution is 5.35. The molecule has 1 saturated carbocycles. The predicted molar refractivity (Wildman–Crippen MR) is 55.9 cm³/mol. The monoisotopic (exact) mass is 194 g/mol. The Bertz CT molecular complexity index is 312. The molecule has 78 valence electrons. The quantitative estimate of drug-likeness (QED) is 0.795. The van der Waals surface area contributed by atoms with Crippen LogP contribution in [0.25, 0.3) is 0 Å². The molecule has 0 unspecified atom stereocenters. The van der Waals surface area contributed by atoms with Crippen molar-refractivity contribution in [2.24, 2.45) is 5.92 Å². The Balaban J connectivity index is 2.06. The van der Waals surface area contributed by atoms with E-state index in [9.17, 15) is 0 Å². The summed E-state index contributed by atoms with van der Waals surface area (Å²) < 4.78 is 1.97. The highest BCUT2D eigenvalue weighted by atomic mass is 15.4. The highest BCUT2D eigenvalue weighted by Crippen LogP contribution is 2.33. The summed E-state index contributed by atoms with van der Waals surface area (Å²) in [6.45, 7) is 5.23. The van der Waals surface area contributed by atoms with Crippen molar-refractivity contribution < 1.29 is 0 Å². The molecule has 0 aliphatic heterocycles. The van der Waals surface area contributed by atoms with Crippen LogP contribution in [0.3, 0.4) is 0 Å². The topological polar surface area (TPSA) is 56.7 Å². The van der Waals surface area contributed by atoms with E-state index in [1.165, 1.54) is 19.3 Å². The third-order valence-corrected chi connectivity index (χ3v) is 2.79. The number of aryl methyl sites for hydroxylation is 1. The molecule has 2 rings (SSSR count). The molecule has 0 aromatic carbocycles. The van der Waals surface area contributed by atoms with E-state index in [2.05, 4.69) is 24.2 Å². The predicted octanol–water partition coefficient (Wildman–Crippen LogP) is 1.78. The van der Waals surface area contributed by atoms with Crippen molar-refractivity contribution in [2.75, 3.05) is 5.73 Å². The van der Waals surface area contributed by atoms with Crippen LogP contribution in [0.1, 0.15) is 44.7 Å². The lowest BCUT2D eigenvalue weighted by Gasteiger charge is -2.08. The zero-order chi connectivity index (χ0) is 10.1. The Morgan fingerprint density at radius 2 is 2.21 bits per heavy atom. The molecule has 1 aliphatic rings. The van der Waals surface area contributed by atoms with Crippen LogP contribution >= 0.6 is 0 Å². The lowest BCUT2D eigenvalue weighted by molar-refractivity contribution is 0.505. The van der Waals surface area contributed by atoms with Gasteiger partial charge in [-0.05, 0) is 18.3 Å². The molecule has 0 amide bonds. The molecule has 0 bridgehead atoms. The molecule has 0 spiro atoms. The fourth-order valence-electron chi connectivity index (χ4n) is 1.80. The Hall–Kier alpha value is -1.06. The number of rotatable bonds is 4. The van der Waals surface area contributed by atoms with Gasteiger partial charge in [0.1, 0.15) is 0 Å². The SMILES string of the molecule is CC(C)c1c(N)nnn1CCC1CC1. The molecular weight excluding hydrogens is 176 g/mol. The minimum Gasteiger partial charge on any atom is -0.381 e. The van der Waals surface area contributed by atoms with E-state index in [0.717, 1.165) is 18.2 Å². The number of anilines is 1. The summed E-state index contributed by atoms with van der Waals surface area (Å²) in [5.41, 5.74) is 6.86. The second-order valence-corrected chi connectivity index (χ2v) is 4.47. The first kappa shape index (κ1) is 9.49. The van der Waals surface area contributed by atoms with Gasteiger partial charge in [-0.1, -0.05) is 31.9 Å². The molecule has 1 aromatic heterocycles. The molecule has 1 aromatic rings. The maximum Gasteiger partial charge on any atom is 0.169 e. The van der Waals surface area contributed by atoms with Gasteiger partial charge in [-0.3, -0.25) is 0 Å². The average Bonchev–Trinajstić information content (AvgIpc) is 2.86. The zero-order valence-corrected chi connectivity index (χ0v) is 8.90. The van der Waals surface area contributed by atoms with E-state index in [1.807, 2.05) is 4.68 Å². The summed E-state index contributed by atoms with van der Waals surface area (Å²) in [4.78, 5) is 0. The first-order chi connectivity index (χ1) is 6.68.